The molecule has 1 aliphatic carbocycles. The maximum atomic E-state index is 5.54. The van der Waals surface area contributed by atoms with Crippen LogP contribution in [0.2, 0.25) is 0 Å². The van der Waals surface area contributed by atoms with Gasteiger partial charge in [0.05, 0.1) is 6.61 Å². The summed E-state index contributed by atoms with van der Waals surface area (Å²) in [6, 6.07) is 0.512. The first-order valence-electron chi connectivity index (χ1n) is 8.31. The van der Waals surface area contributed by atoms with E-state index in [0.29, 0.717) is 11.6 Å². The molecule has 0 bridgehead atoms. The van der Waals surface area contributed by atoms with Gasteiger partial charge in [-0.1, -0.05) is 26.2 Å². The standard InChI is InChI=1S/C16H32N2O/c1-3-11-17-15(14-19-2)16(9-5-6-10-16)18-12-7-4-8-13-18/h15,17H,3-14H2,1-2H3. The van der Waals surface area contributed by atoms with Crippen molar-refractivity contribution in [3.63, 3.8) is 0 Å². The Bertz CT molecular complexity index is 245. The number of methoxy groups -OCH3 is 1. The van der Waals surface area contributed by atoms with Crippen LogP contribution < -0.4 is 5.32 Å². The lowest BCUT2D eigenvalue weighted by atomic mass is 9.84. The highest BCUT2D eigenvalue weighted by molar-refractivity contribution is 5.04. The molecule has 0 aromatic heterocycles. The molecule has 19 heavy (non-hydrogen) atoms. The predicted octanol–water partition coefficient (Wildman–Crippen LogP) is 2.80. The molecule has 0 aromatic carbocycles. The van der Waals surface area contributed by atoms with Crippen LogP contribution in [0.15, 0.2) is 0 Å². The van der Waals surface area contributed by atoms with E-state index >= 15 is 0 Å². The van der Waals surface area contributed by atoms with E-state index in [2.05, 4.69) is 17.1 Å². The Kier molecular flexibility index (Phi) is 6.11. The topological polar surface area (TPSA) is 24.5 Å². The van der Waals surface area contributed by atoms with Gasteiger partial charge in [-0.2, -0.15) is 0 Å². The van der Waals surface area contributed by atoms with Crippen LogP contribution in [-0.4, -0.2) is 49.8 Å². The summed E-state index contributed by atoms with van der Waals surface area (Å²) >= 11 is 0. The fraction of sp³-hybridized carbons (Fsp3) is 1.00. The van der Waals surface area contributed by atoms with E-state index in [4.69, 9.17) is 4.74 Å². The molecule has 1 aliphatic heterocycles. The zero-order valence-electron chi connectivity index (χ0n) is 12.9. The molecule has 0 spiro atoms. The Morgan fingerprint density at radius 3 is 2.37 bits per heavy atom. The molecule has 3 nitrogen and oxygen atoms in total. The largest absolute Gasteiger partial charge is 0.383 e. The summed E-state index contributed by atoms with van der Waals surface area (Å²) < 4.78 is 5.54. The molecule has 1 saturated carbocycles. The second-order valence-corrected chi connectivity index (χ2v) is 6.32. The van der Waals surface area contributed by atoms with Gasteiger partial charge in [-0.3, -0.25) is 4.90 Å². The zero-order valence-corrected chi connectivity index (χ0v) is 12.9. The van der Waals surface area contributed by atoms with Crippen molar-refractivity contribution >= 4 is 0 Å². The lowest BCUT2D eigenvalue weighted by molar-refractivity contribution is 0.00821. The fourth-order valence-electron chi connectivity index (χ4n) is 4.10. The molecule has 1 atom stereocenters. The lowest BCUT2D eigenvalue weighted by Crippen LogP contribution is -2.62. The maximum Gasteiger partial charge on any atom is 0.0633 e. The van der Waals surface area contributed by atoms with E-state index in [9.17, 15) is 0 Å². The quantitative estimate of drug-likeness (QED) is 0.768. The van der Waals surface area contributed by atoms with Crippen LogP contribution in [0.5, 0.6) is 0 Å². The number of hydrogen-bond acceptors (Lipinski definition) is 3. The first-order valence-corrected chi connectivity index (χ1v) is 8.31. The van der Waals surface area contributed by atoms with Crippen molar-refractivity contribution in [3.05, 3.63) is 0 Å². The van der Waals surface area contributed by atoms with Crippen LogP contribution in [0.1, 0.15) is 58.3 Å². The van der Waals surface area contributed by atoms with Crippen LogP contribution in [0.25, 0.3) is 0 Å². The van der Waals surface area contributed by atoms with Crippen molar-refractivity contribution < 1.29 is 4.74 Å². The van der Waals surface area contributed by atoms with Gasteiger partial charge in [0.1, 0.15) is 0 Å². The highest BCUT2D eigenvalue weighted by Crippen LogP contribution is 2.39. The summed E-state index contributed by atoms with van der Waals surface area (Å²) in [5, 5.41) is 3.78. The van der Waals surface area contributed by atoms with E-state index in [1.54, 1.807) is 0 Å². The maximum absolute atomic E-state index is 5.54. The third-order valence-electron chi connectivity index (χ3n) is 5.08. The summed E-state index contributed by atoms with van der Waals surface area (Å²) in [4.78, 5) is 2.80. The minimum atomic E-state index is 0.381. The highest BCUT2D eigenvalue weighted by Gasteiger charge is 2.45. The van der Waals surface area contributed by atoms with Crippen LogP contribution in [0, 0.1) is 0 Å². The molecule has 0 aromatic rings. The van der Waals surface area contributed by atoms with Crippen molar-refractivity contribution in [2.75, 3.05) is 33.4 Å². The molecular weight excluding hydrogens is 236 g/mol. The second-order valence-electron chi connectivity index (χ2n) is 6.32. The number of hydrogen-bond donors (Lipinski definition) is 1. The minimum Gasteiger partial charge on any atom is -0.383 e. The zero-order chi connectivity index (χ0) is 13.6. The van der Waals surface area contributed by atoms with E-state index in [-0.39, 0.29) is 0 Å². The number of nitrogens with zero attached hydrogens (tertiary/aromatic N) is 1. The van der Waals surface area contributed by atoms with Gasteiger partial charge in [0, 0.05) is 18.7 Å². The second kappa shape index (κ2) is 7.61. The molecular formula is C16H32N2O. The van der Waals surface area contributed by atoms with E-state index in [1.807, 2.05) is 7.11 Å². The van der Waals surface area contributed by atoms with Crippen LogP contribution >= 0.6 is 0 Å². The van der Waals surface area contributed by atoms with Gasteiger partial charge in [0.2, 0.25) is 0 Å². The minimum absolute atomic E-state index is 0.381. The van der Waals surface area contributed by atoms with Crippen LogP contribution in [-0.2, 0) is 4.74 Å². The molecule has 1 unspecified atom stereocenters. The number of nitrogens with one attached hydrogen (secondary N) is 1. The Balaban J connectivity index is 2.09. The SMILES string of the molecule is CCCNC(COC)C1(N2CCCCC2)CCCC1. The Morgan fingerprint density at radius 1 is 1.11 bits per heavy atom. The van der Waals surface area contributed by atoms with Gasteiger partial charge in [-0.25, -0.2) is 0 Å². The molecule has 1 N–H and O–H groups in total. The van der Waals surface area contributed by atoms with Gasteiger partial charge in [-0.15, -0.1) is 0 Å². The summed E-state index contributed by atoms with van der Waals surface area (Å²) in [7, 11) is 1.85. The monoisotopic (exact) mass is 268 g/mol. The average molecular weight is 268 g/mol. The molecule has 1 saturated heterocycles. The normalized spacial score (nSPS) is 25.6. The molecule has 0 radical (unpaired) electrons. The van der Waals surface area contributed by atoms with Crippen molar-refractivity contribution in [2.45, 2.75) is 69.9 Å². The molecule has 2 aliphatic rings. The molecule has 112 valence electrons. The van der Waals surface area contributed by atoms with Gasteiger partial charge >= 0.3 is 0 Å². The van der Waals surface area contributed by atoms with Crippen LogP contribution in [0.3, 0.4) is 0 Å². The predicted molar refractivity (Wildman–Crippen MR) is 80.6 cm³/mol. The first-order chi connectivity index (χ1) is 9.33. The van der Waals surface area contributed by atoms with Gasteiger partial charge in [0.25, 0.3) is 0 Å². The van der Waals surface area contributed by atoms with E-state index in [0.717, 1.165) is 13.2 Å². The number of piperidine rings is 1. The summed E-state index contributed by atoms with van der Waals surface area (Å²) in [6.45, 7) is 6.82. The summed E-state index contributed by atoms with van der Waals surface area (Å²) in [6.07, 6.45) is 10.9. The molecule has 1 heterocycles. The van der Waals surface area contributed by atoms with Crippen molar-refractivity contribution in [3.8, 4) is 0 Å². The summed E-state index contributed by atoms with van der Waals surface area (Å²) in [5.41, 5.74) is 0.381. The lowest BCUT2D eigenvalue weighted by Gasteiger charge is -2.48. The number of rotatable bonds is 7. The van der Waals surface area contributed by atoms with Gasteiger partial charge < -0.3 is 10.1 Å². The van der Waals surface area contributed by atoms with Crippen molar-refractivity contribution in [2.24, 2.45) is 0 Å². The number of ether oxygens (including phenoxy) is 1. The van der Waals surface area contributed by atoms with Gasteiger partial charge in [0.15, 0.2) is 0 Å². The molecule has 2 fully saturated rings. The molecule has 0 amide bonds. The first kappa shape index (κ1) is 15.3. The van der Waals surface area contributed by atoms with E-state index in [1.165, 1.54) is 64.5 Å². The average Bonchev–Trinajstić information content (AvgIpc) is 2.95. The van der Waals surface area contributed by atoms with E-state index < -0.39 is 0 Å². The van der Waals surface area contributed by atoms with Crippen LogP contribution in [0.4, 0.5) is 0 Å². The van der Waals surface area contributed by atoms with Gasteiger partial charge in [-0.05, 0) is 51.7 Å². The summed E-state index contributed by atoms with van der Waals surface area (Å²) in [5.74, 6) is 0. The Hall–Kier alpha value is -0.120. The highest BCUT2D eigenvalue weighted by atomic mass is 16.5. The smallest absolute Gasteiger partial charge is 0.0633 e. The number of likely N-dealkylation sites (tertiary alicyclic amines) is 1. The Morgan fingerprint density at radius 2 is 1.79 bits per heavy atom. The Labute approximate surface area is 119 Å². The molecule has 3 heteroatoms. The molecule has 2 rings (SSSR count). The third kappa shape index (κ3) is 3.50. The van der Waals surface area contributed by atoms with Crippen molar-refractivity contribution in [1.82, 2.24) is 10.2 Å². The third-order valence-corrected chi connectivity index (χ3v) is 5.08. The fourth-order valence-corrected chi connectivity index (χ4v) is 4.10. The van der Waals surface area contributed by atoms with Crippen molar-refractivity contribution in [1.29, 1.82) is 0 Å².